The Labute approximate surface area is 173 Å². The van der Waals surface area contributed by atoms with Crippen LogP contribution < -0.4 is 0 Å². The highest BCUT2D eigenvalue weighted by molar-refractivity contribution is 5.69. The fourth-order valence-corrected chi connectivity index (χ4v) is 3.25. The highest BCUT2D eigenvalue weighted by Gasteiger charge is 2.49. The van der Waals surface area contributed by atoms with E-state index in [1.165, 1.54) is 0 Å². The molecule has 2 aliphatic rings. The third-order valence-electron chi connectivity index (χ3n) is 5.18. The van der Waals surface area contributed by atoms with Gasteiger partial charge in [0.15, 0.2) is 12.6 Å². The molecule has 12 heteroatoms. The number of aliphatic hydroxyl groups is 7. The van der Waals surface area contributed by atoms with Crippen LogP contribution in [0.2, 0.25) is 0 Å². The SMILES string of the molecule is CCCCCC(=O)OCC1O[C@H](O[C@H]2OC(CO)[C@@H](O)C(O)C2O)C(O)[C@@H](O)[C@@H]1O. The van der Waals surface area contributed by atoms with E-state index in [0.29, 0.717) is 6.42 Å². The van der Waals surface area contributed by atoms with Gasteiger partial charge in [-0.1, -0.05) is 19.8 Å². The predicted octanol–water partition coefficient (Wildman–Crippen LogP) is -3.27. The highest BCUT2D eigenvalue weighted by Crippen LogP contribution is 2.28. The lowest BCUT2D eigenvalue weighted by Crippen LogP contribution is -2.63. The van der Waals surface area contributed by atoms with E-state index < -0.39 is 80.6 Å². The smallest absolute Gasteiger partial charge is 0.305 e. The molecule has 0 aromatic carbocycles. The Bertz CT molecular complexity index is 531. The van der Waals surface area contributed by atoms with Gasteiger partial charge >= 0.3 is 5.97 Å². The van der Waals surface area contributed by atoms with Crippen LogP contribution in [0.15, 0.2) is 0 Å². The molecule has 0 amide bonds. The minimum Gasteiger partial charge on any atom is -0.463 e. The van der Waals surface area contributed by atoms with E-state index in [1.54, 1.807) is 0 Å². The Morgan fingerprint density at radius 1 is 0.800 bits per heavy atom. The molecular formula is C18H32O12. The van der Waals surface area contributed by atoms with Crippen LogP contribution >= 0.6 is 0 Å². The first-order chi connectivity index (χ1) is 14.2. The van der Waals surface area contributed by atoms with Crippen molar-refractivity contribution in [3.05, 3.63) is 0 Å². The Morgan fingerprint density at radius 2 is 1.33 bits per heavy atom. The van der Waals surface area contributed by atoms with Gasteiger partial charge in [0, 0.05) is 6.42 Å². The van der Waals surface area contributed by atoms with Crippen molar-refractivity contribution in [3.63, 3.8) is 0 Å². The Kier molecular flexibility index (Phi) is 9.81. The maximum atomic E-state index is 11.8. The lowest BCUT2D eigenvalue weighted by Gasteiger charge is -2.44. The first kappa shape index (κ1) is 25.3. The van der Waals surface area contributed by atoms with Crippen LogP contribution in [0.3, 0.4) is 0 Å². The third-order valence-corrected chi connectivity index (χ3v) is 5.18. The number of hydrogen-bond donors (Lipinski definition) is 7. The molecule has 2 fully saturated rings. The van der Waals surface area contributed by atoms with Crippen LogP contribution in [0.5, 0.6) is 0 Å². The molecule has 2 heterocycles. The number of ether oxygens (including phenoxy) is 4. The molecule has 5 unspecified atom stereocenters. The molecule has 0 saturated carbocycles. The molecule has 0 aromatic heterocycles. The maximum Gasteiger partial charge on any atom is 0.305 e. The number of esters is 1. The normalized spacial score (nSPS) is 42.1. The van der Waals surface area contributed by atoms with Crippen molar-refractivity contribution in [1.29, 1.82) is 0 Å². The molecule has 0 bridgehead atoms. The van der Waals surface area contributed by atoms with Gasteiger partial charge < -0.3 is 54.7 Å². The average molecular weight is 440 g/mol. The van der Waals surface area contributed by atoms with E-state index in [-0.39, 0.29) is 6.42 Å². The molecule has 7 N–H and O–H groups in total. The molecule has 2 saturated heterocycles. The second-order valence-electron chi connectivity index (χ2n) is 7.49. The molecule has 30 heavy (non-hydrogen) atoms. The summed E-state index contributed by atoms with van der Waals surface area (Å²) in [5, 5.41) is 69.2. The van der Waals surface area contributed by atoms with Gasteiger partial charge in [0.25, 0.3) is 0 Å². The zero-order valence-electron chi connectivity index (χ0n) is 16.7. The van der Waals surface area contributed by atoms with Crippen LogP contribution in [0.1, 0.15) is 32.6 Å². The second kappa shape index (κ2) is 11.6. The van der Waals surface area contributed by atoms with Crippen LogP contribution in [0.25, 0.3) is 0 Å². The molecular weight excluding hydrogens is 408 g/mol. The molecule has 0 aliphatic carbocycles. The highest BCUT2D eigenvalue weighted by atomic mass is 16.8. The number of carbonyl (C=O) groups is 1. The lowest BCUT2D eigenvalue weighted by molar-refractivity contribution is -0.376. The number of hydrogen-bond acceptors (Lipinski definition) is 12. The summed E-state index contributed by atoms with van der Waals surface area (Å²) >= 11 is 0. The first-order valence-electron chi connectivity index (χ1n) is 10.0. The van der Waals surface area contributed by atoms with E-state index in [9.17, 15) is 40.5 Å². The van der Waals surface area contributed by atoms with Crippen molar-refractivity contribution in [1.82, 2.24) is 0 Å². The molecule has 176 valence electrons. The maximum absolute atomic E-state index is 11.8. The molecule has 2 aliphatic heterocycles. The number of unbranched alkanes of at least 4 members (excludes halogenated alkanes) is 2. The average Bonchev–Trinajstić information content (AvgIpc) is 2.73. The summed E-state index contributed by atoms with van der Waals surface area (Å²) < 4.78 is 20.9. The largest absolute Gasteiger partial charge is 0.463 e. The lowest BCUT2D eigenvalue weighted by atomic mass is 9.98. The third kappa shape index (κ3) is 6.07. The van der Waals surface area contributed by atoms with Crippen LogP contribution in [-0.4, -0.2) is 116 Å². The quantitative estimate of drug-likeness (QED) is 0.140. The second-order valence-corrected chi connectivity index (χ2v) is 7.49. The van der Waals surface area contributed by atoms with E-state index in [2.05, 4.69) is 0 Å². The van der Waals surface area contributed by atoms with Gasteiger partial charge in [0.2, 0.25) is 0 Å². The first-order valence-corrected chi connectivity index (χ1v) is 10.0. The zero-order chi connectivity index (χ0) is 22.4. The Morgan fingerprint density at radius 3 is 1.87 bits per heavy atom. The van der Waals surface area contributed by atoms with E-state index in [4.69, 9.17) is 18.9 Å². The van der Waals surface area contributed by atoms with Gasteiger partial charge in [-0.05, 0) is 6.42 Å². The van der Waals surface area contributed by atoms with Crippen molar-refractivity contribution >= 4 is 5.97 Å². The molecule has 0 aromatic rings. The van der Waals surface area contributed by atoms with Gasteiger partial charge in [-0.2, -0.15) is 0 Å². The topological polar surface area (TPSA) is 196 Å². The number of aliphatic hydroxyl groups excluding tert-OH is 7. The van der Waals surface area contributed by atoms with Gasteiger partial charge in [0.1, 0.15) is 55.4 Å². The molecule has 2 rings (SSSR count). The van der Waals surface area contributed by atoms with Crippen LogP contribution in [0, 0.1) is 0 Å². The monoisotopic (exact) mass is 440 g/mol. The van der Waals surface area contributed by atoms with Crippen molar-refractivity contribution in [2.24, 2.45) is 0 Å². The summed E-state index contributed by atoms with van der Waals surface area (Å²) in [5.41, 5.74) is 0. The Hall–Kier alpha value is -0.930. The summed E-state index contributed by atoms with van der Waals surface area (Å²) in [6.45, 7) is 0.890. The summed E-state index contributed by atoms with van der Waals surface area (Å²) in [5.74, 6) is -0.508. The van der Waals surface area contributed by atoms with Crippen LogP contribution in [0.4, 0.5) is 0 Å². The van der Waals surface area contributed by atoms with Gasteiger partial charge in [-0.15, -0.1) is 0 Å². The van der Waals surface area contributed by atoms with Crippen molar-refractivity contribution in [2.75, 3.05) is 13.2 Å². The van der Waals surface area contributed by atoms with Crippen LogP contribution in [-0.2, 0) is 23.7 Å². The van der Waals surface area contributed by atoms with E-state index in [1.807, 2.05) is 6.92 Å². The fraction of sp³-hybridized carbons (Fsp3) is 0.944. The summed E-state index contributed by atoms with van der Waals surface area (Å²) in [7, 11) is 0. The summed E-state index contributed by atoms with van der Waals surface area (Å²) in [6.07, 6.45) is -13.3. The number of carbonyl (C=O) groups excluding carboxylic acids is 1. The predicted molar refractivity (Wildman–Crippen MR) is 96.6 cm³/mol. The van der Waals surface area contributed by atoms with E-state index in [0.717, 1.165) is 12.8 Å². The number of rotatable bonds is 9. The molecule has 0 radical (unpaired) electrons. The minimum absolute atomic E-state index is 0.187. The zero-order valence-corrected chi connectivity index (χ0v) is 16.7. The van der Waals surface area contributed by atoms with Gasteiger partial charge in [0.05, 0.1) is 6.61 Å². The minimum atomic E-state index is -1.76. The fourth-order valence-electron chi connectivity index (χ4n) is 3.25. The molecule has 10 atom stereocenters. The summed E-state index contributed by atoms with van der Waals surface area (Å²) in [6, 6.07) is 0. The molecule has 12 nitrogen and oxygen atoms in total. The van der Waals surface area contributed by atoms with Crippen molar-refractivity contribution in [3.8, 4) is 0 Å². The standard InChI is InChI=1S/C18H32O12/c1-2-3-4-5-10(20)27-7-9-12(22)14(24)16(26)18(29-9)30-17-15(25)13(23)11(21)8(6-19)28-17/h8-9,11-19,21-26H,2-7H2,1H3/t8?,9?,11-,12-,13?,14+,15?,16?,17-,18-/m1/s1. The Balaban J connectivity index is 1.97. The van der Waals surface area contributed by atoms with Crippen molar-refractivity contribution < 1.29 is 59.5 Å². The summed E-state index contributed by atoms with van der Waals surface area (Å²) in [4.78, 5) is 11.8. The molecule has 0 spiro atoms. The van der Waals surface area contributed by atoms with Gasteiger partial charge in [-0.3, -0.25) is 4.79 Å². The van der Waals surface area contributed by atoms with Crippen molar-refractivity contribution in [2.45, 2.75) is 94.0 Å². The van der Waals surface area contributed by atoms with Gasteiger partial charge in [-0.25, -0.2) is 0 Å². The van der Waals surface area contributed by atoms with E-state index >= 15 is 0 Å².